The van der Waals surface area contributed by atoms with Gasteiger partial charge in [-0.1, -0.05) is 6.92 Å². The first-order valence-electron chi connectivity index (χ1n) is 4.98. The zero-order valence-corrected chi connectivity index (χ0v) is 8.56. The Bertz CT molecular complexity index is 190. The molecule has 2 amide bonds. The van der Waals surface area contributed by atoms with Gasteiger partial charge in [-0.3, -0.25) is 14.6 Å². The lowest BCUT2D eigenvalue weighted by molar-refractivity contribution is -0.139. The maximum absolute atomic E-state index is 10.7. The molecular formula is C9H17N3O2. The van der Waals surface area contributed by atoms with Crippen LogP contribution < -0.4 is 0 Å². The smallest absolute Gasteiger partial charge is 0.224 e. The van der Waals surface area contributed by atoms with E-state index in [1.807, 2.05) is 11.9 Å². The van der Waals surface area contributed by atoms with Crippen LogP contribution in [0.2, 0.25) is 0 Å². The molecule has 0 aromatic rings. The zero-order chi connectivity index (χ0) is 10.4. The second kappa shape index (κ2) is 5.59. The van der Waals surface area contributed by atoms with Crippen molar-refractivity contribution in [1.29, 1.82) is 0 Å². The molecule has 5 heteroatoms. The standard InChI is InChI=1S/C9H17N3O2/c1-2-3-12(9-14)11-6-4-10(8-13)5-7-11/h8-9H,2-7H2,1H3. The highest BCUT2D eigenvalue weighted by Gasteiger charge is 2.19. The number of amides is 2. The summed E-state index contributed by atoms with van der Waals surface area (Å²) in [6.07, 6.45) is 2.68. The molecule has 0 aromatic heterocycles. The highest BCUT2D eigenvalue weighted by atomic mass is 16.2. The fourth-order valence-corrected chi connectivity index (χ4v) is 1.56. The molecular weight excluding hydrogens is 182 g/mol. The lowest BCUT2D eigenvalue weighted by Gasteiger charge is -2.37. The van der Waals surface area contributed by atoms with Gasteiger partial charge in [-0.25, -0.2) is 5.01 Å². The molecule has 0 radical (unpaired) electrons. The number of carbonyl (C=O) groups excluding carboxylic acids is 2. The van der Waals surface area contributed by atoms with Crippen LogP contribution in [0.25, 0.3) is 0 Å². The van der Waals surface area contributed by atoms with Crippen LogP contribution in [0.4, 0.5) is 0 Å². The van der Waals surface area contributed by atoms with Gasteiger partial charge in [-0.2, -0.15) is 0 Å². The molecule has 0 aromatic carbocycles. The molecule has 0 N–H and O–H groups in total. The highest BCUT2D eigenvalue weighted by molar-refractivity contribution is 5.48. The Kier molecular flexibility index (Phi) is 4.39. The van der Waals surface area contributed by atoms with Gasteiger partial charge in [0.15, 0.2) is 0 Å². The van der Waals surface area contributed by atoms with Gasteiger partial charge in [-0.15, -0.1) is 0 Å². The van der Waals surface area contributed by atoms with Gasteiger partial charge in [0, 0.05) is 32.7 Å². The number of hydrogen-bond acceptors (Lipinski definition) is 3. The van der Waals surface area contributed by atoms with E-state index in [4.69, 9.17) is 0 Å². The average molecular weight is 199 g/mol. The van der Waals surface area contributed by atoms with Crippen LogP contribution in [-0.2, 0) is 9.59 Å². The van der Waals surface area contributed by atoms with E-state index in [2.05, 4.69) is 0 Å². The minimum atomic E-state index is 0.706. The summed E-state index contributed by atoms with van der Waals surface area (Å²) in [5, 5.41) is 3.69. The van der Waals surface area contributed by atoms with Gasteiger partial charge in [0.1, 0.15) is 0 Å². The maximum atomic E-state index is 10.7. The minimum absolute atomic E-state index is 0.706. The Hall–Kier alpha value is -1.10. The van der Waals surface area contributed by atoms with Gasteiger partial charge >= 0.3 is 0 Å². The highest BCUT2D eigenvalue weighted by Crippen LogP contribution is 2.03. The third-order valence-corrected chi connectivity index (χ3v) is 2.38. The van der Waals surface area contributed by atoms with Crippen molar-refractivity contribution in [3.8, 4) is 0 Å². The van der Waals surface area contributed by atoms with Gasteiger partial charge in [0.05, 0.1) is 0 Å². The van der Waals surface area contributed by atoms with E-state index in [0.717, 1.165) is 38.9 Å². The van der Waals surface area contributed by atoms with Crippen molar-refractivity contribution >= 4 is 12.8 Å². The molecule has 80 valence electrons. The van der Waals surface area contributed by atoms with Gasteiger partial charge < -0.3 is 4.90 Å². The summed E-state index contributed by atoms with van der Waals surface area (Å²) in [5.41, 5.74) is 0. The number of rotatable bonds is 5. The summed E-state index contributed by atoms with van der Waals surface area (Å²) >= 11 is 0. The predicted octanol–water partition coefficient (Wildman–Crippen LogP) is -0.456. The number of carbonyl (C=O) groups is 2. The monoisotopic (exact) mass is 199 g/mol. The second-order valence-corrected chi connectivity index (χ2v) is 3.36. The molecule has 0 unspecified atom stereocenters. The van der Waals surface area contributed by atoms with Crippen molar-refractivity contribution in [1.82, 2.24) is 14.9 Å². The molecule has 1 rings (SSSR count). The van der Waals surface area contributed by atoms with E-state index in [9.17, 15) is 9.59 Å². The minimum Gasteiger partial charge on any atom is -0.343 e. The Morgan fingerprint density at radius 2 is 1.86 bits per heavy atom. The van der Waals surface area contributed by atoms with E-state index in [1.165, 1.54) is 0 Å². The molecule has 1 fully saturated rings. The van der Waals surface area contributed by atoms with Crippen molar-refractivity contribution in [2.24, 2.45) is 0 Å². The normalized spacial score (nSPS) is 17.9. The first kappa shape index (κ1) is 11.0. The molecule has 14 heavy (non-hydrogen) atoms. The lowest BCUT2D eigenvalue weighted by atomic mass is 10.4. The maximum Gasteiger partial charge on any atom is 0.224 e. The Morgan fingerprint density at radius 1 is 1.21 bits per heavy atom. The van der Waals surface area contributed by atoms with Crippen LogP contribution in [-0.4, -0.2) is 60.5 Å². The molecule has 5 nitrogen and oxygen atoms in total. The van der Waals surface area contributed by atoms with E-state index < -0.39 is 0 Å². The summed E-state index contributed by atoms with van der Waals surface area (Å²) in [6, 6.07) is 0. The van der Waals surface area contributed by atoms with Crippen LogP contribution in [0.3, 0.4) is 0 Å². The SMILES string of the molecule is CCCN(C=O)N1CCN(C=O)CC1. The number of nitrogens with zero attached hydrogens (tertiary/aromatic N) is 3. The van der Waals surface area contributed by atoms with E-state index in [1.54, 1.807) is 9.91 Å². The Balaban J connectivity index is 2.38. The van der Waals surface area contributed by atoms with E-state index in [0.29, 0.717) is 13.1 Å². The molecule has 0 aliphatic carbocycles. The molecule has 0 atom stereocenters. The molecule has 0 saturated carbocycles. The second-order valence-electron chi connectivity index (χ2n) is 3.36. The molecule has 1 aliphatic rings. The van der Waals surface area contributed by atoms with E-state index >= 15 is 0 Å². The molecule has 1 saturated heterocycles. The quantitative estimate of drug-likeness (QED) is 0.563. The van der Waals surface area contributed by atoms with Crippen LogP contribution in [0.1, 0.15) is 13.3 Å². The van der Waals surface area contributed by atoms with Crippen molar-refractivity contribution in [2.75, 3.05) is 32.7 Å². The topological polar surface area (TPSA) is 43.9 Å². The molecule has 0 spiro atoms. The number of piperazine rings is 1. The largest absolute Gasteiger partial charge is 0.343 e. The van der Waals surface area contributed by atoms with Crippen molar-refractivity contribution in [2.45, 2.75) is 13.3 Å². The summed E-state index contributed by atoms with van der Waals surface area (Å²) in [4.78, 5) is 22.9. The molecule has 1 heterocycles. The van der Waals surface area contributed by atoms with Gasteiger partial charge in [0.25, 0.3) is 0 Å². The summed E-state index contributed by atoms with van der Waals surface area (Å²) in [6.45, 7) is 5.70. The molecule has 1 aliphatic heterocycles. The van der Waals surface area contributed by atoms with Crippen LogP contribution in [0.5, 0.6) is 0 Å². The predicted molar refractivity (Wildman–Crippen MR) is 52.3 cm³/mol. The lowest BCUT2D eigenvalue weighted by Crippen LogP contribution is -2.53. The van der Waals surface area contributed by atoms with Crippen LogP contribution in [0, 0.1) is 0 Å². The van der Waals surface area contributed by atoms with Crippen molar-refractivity contribution < 1.29 is 9.59 Å². The third kappa shape index (κ3) is 2.70. The first-order valence-corrected chi connectivity index (χ1v) is 4.98. The summed E-state index contributed by atoms with van der Waals surface area (Å²) in [7, 11) is 0. The number of hydrogen-bond donors (Lipinski definition) is 0. The summed E-state index contributed by atoms with van der Waals surface area (Å²) in [5.74, 6) is 0. The fourth-order valence-electron chi connectivity index (χ4n) is 1.56. The Labute approximate surface area is 84.2 Å². The fraction of sp³-hybridized carbons (Fsp3) is 0.778. The van der Waals surface area contributed by atoms with Crippen molar-refractivity contribution in [3.63, 3.8) is 0 Å². The van der Waals surface area contributed by atoms with Crippen molar-refractivity contribution in [3.05, 3.63) is 0 Å². The average Bonchev–Trinajstić information content (AvgIpc) is 2.26. The van der Waals surface area contributed by atoms with Gasteiger partial charge in [-0.05, 0) is 6.42 Å². The van der Waals surface area contributed by atoms with Crippen LogP contribution >= 0.6 is 0 Å². The zero-order valence-electron chi connectivity index (χ0n) is 8.56. The first-order chi connectivity index (χ1) is 6.81. The van der Waals surface area contributed by atoms with E-state index in [-0.39, 0.29) is 0 Å². The molecule has 0 bridgehead atoms. The van der Waals surface area contributed by atoms with Gasteiger partial charge in [0.2, 0.25) is 12.8 Å². The number of hydrazine groups is 1. The Morgan fingerprint density at radius 3 is 2.29 bits per heavy atom. The van der Waals surface area contributed by atoms with Crippen LogP contribution in [0.15, 0.2) is 0 Å². The third-order valence-electron chi connectivity index (χ3n) is 2.38. The summed E-state index contributed by atoms with van der Waals surface area (Å²) < 4.78 is 0.